The van der Waals surface area contributed by atoms with Gasteiger partial charge in [-0.15, -0.1) is 0 Å². The van der Waals surface area contributed by atoms with Crippen LogP contribution in [-0.2, 0) is 9.53 Å². The zero-order valence-electron chi connectivity index (χ0n) is 10.2. The van der Waals surface area contributed by atoms with Crippen LogP contribution in [0.3, 0.4) is 0 Å². The van der Waals surface area contributed by atoms with Crippen molar-refractivity contribution >= 4 is 11.7 Å². The van der Waals surface area contributed by atoms with Gasteiger partial charge in [-0.25, -0.2) is 0 Å². The number of esters is 1. The van der Waals surface area contributed by atoms with Crippen LogP contribution in [0.2, 0.25) is 0 Å². The summed E-state index contributed by atoms with van der Waals surface area (Å²) in [7, 11) is 1.35. The lowest BCUT2D eigenvalue weighted by Gasteiger charge is -2.32. The number of methoxy groups -OCH3 is 1. The summed E-state index contributed by atoms with van der Waals surface area (Å²) in [5.74, 6) is -0.427. The lowest BCUT2D eigenvalue weighted by Crippen LogP contribution is -2.27. The molecule has 5 heteroatoms. The van der Waals surface area contributed by atoms with Crippen LogP contribution >= 0.6 is 0 Å². The normalized spacial score (nSPS) is 16.7. The van der Waals surface area contributed by atoms with E-state index in [1.807, 2.05) is 0 Å². The Labute approximate surface area is 105 Å². The van der Waals surface area contributed by atoms with E-state index >= 15 is 0 Å². The summed E-state index contributed by atoms with van der Waals surface area (Å²) in [6.07, 6.45) is 3.05. The van der Waals surface area contributed by atoms with Crippen LogP contribution in [0.25, 0.3) is 0 Å². The molecule has 0 radical (unpaired) electrons. The van der Waals surface area contributed by atoms with E-state index in [0.717, 1.165) is 19.3 Å². The molecule has 18 heavy (non-hydrogen) atoms. The van der Waals surface area contributed by atoms with Crippen LogP contribution in [-0.4, -0.2) is 18.0 Å². The molecule has 1 unspecified atom stereocenters. The van der Waals surface area contributed by atoms with Crippen molar-refractivity contribution in [3.8, 4) is 0 Å². The molecule has 1 fully saturated rings. The maximum atomic E-state index is 11.8. The Morgan fingerprint density at radius 2 is 2.22 bits per heavy atom. The number of nitro benzene ring substituents is 1. The van der Waals surface area contributed by atoms with Crippen molar-refractivity contribution in [2.45, 2.75) is 25.2 Å². The van der Waals surface area contributed by atoms with Crippen molar-refractivity contribution < 1.29 is 14.5 Å². The number of benzene rings is 1. The van der Waals surface area contributed by atoms with Crippen molar-refractivity contribution in [3.63, 3.8) is 0 Å². The predicted molar refractivity (Wildman–Crippen MR) is 65.2 cm³/mol. The van der Waals surface area contributed by atoms with Gasteiger partial charge in [-0.3, -0.25) is 14.9 Å². The molecule has 5 nitrogen and oxygen atoms in total. The second-order valence-corrected chi connectivity index (χ2v) is 4.54. The van der Waals surface area contributed by atoms with Crippen molar-refractivity contribution in [1.29, 1.82) is 0 Å². The molecule has 96 valence electrons. The van der Waals surface area contributed by atoms with E-state index in [2.05, 4.69) is 0 Å². The Kier molecular flexibility index (Phi) is 3.60. The van der Waals surface area contributed by atoms with E-state index in [1.54, 1.807) is 12.1 Å². The van der Waals surface area contributed by atoms with Crippen LogP contribution in [0.15, 0.2) is 24.3 Å². The van der Waals surface area contributed by atoms with E-state index in [-0.39, 0.29) is 23.5 Å². The molecule has 0 saturated heterocycles. The maximum Gasteiger partial charge on any atom is 0.313 e. The number of ether oxygens (including phenoxy) is 1. The van der Waals surface area contributed by atoms with Gasteiger partial charge in [0.1, 0.15) is 0 Å². The number of hydrogen-bond acceptors (Lipinski definition) is 4. The molecule has 1 aromatic carbocycles. The molecule has 1 aromatic rings. The highest BCUT2D eigenvalue weighted by Gasteiger charge is 2.35. The number of carbonyl (C=O) groups excluding carboxylic acids is 1. The molecule has 1 saturated carbocycles. The first kappa shape index (κ1) is 12.5. The molecular weight excluding hydrogens is 234 g/mol. The lowest BCUT2D eigenvalue weighted by molar-refractivity contribution is -0.384. The molecule has 0 amide bonds. The standard InChI is InChI=1S/C13H15NO4/c1-18-13(15)12(9-4-2-5-9)10-6-3-7-11(8-10)14(16)17/h3,6-9,12H,2,4-5H2,1H3. The van der Waals surface area contributed by atoms with Crippen molar-refractivity contribution in [2.24, 2.45) is 5.92 Å². The summed E-state index contributed by atoms with van der Waals surface area (Å²) in [6, 6.07) is 6.27. The highest BCUT2D eigenvalue weighted by atomic mass is 16.6. The van der Waals surface area contributed by atoms with Gasteiger partial charge in [-0.2, -0.15) is 0 Å². The minimum Gasteiger partial charge on any atom is -0.469 e. The molecule has 1 aliphatic rings. The topological polar surface area (TPSA) is 69.4 Å². The quantitative estimate of drug-likeness (QED) is 0.467. The number of nitrogens with zero attached hydrogens (tertiary/aromatic N) is 1. The first-order chi connectivity index (χ1) is 8.63. The summed E-state index contributed by atoms with van der Waals surface area (Å²) < 4.78 is 4.82. The fourth-order valence-electron chi connectivity index (χ4n) is 2.33. The monoisotopic (exact) mass is 249 g/mol. The zero-order chi connectivity index (χ0) is 13.1. The fourth-order valence-corrected chi connectivity index (χ4v) is 2.33. The molecule has 0 bridgehead atoms. The summed E-state index contributed by atoms with van der Waals surface area (Å²) in [5.41, 5.74) is 0.696. The second-order valence-electron chi connectivity index (χ2n) is 4.54. The van der Waals surface area contributed by atoms with E-state index in [4.69, 9.17) is 4.74 Å². The predicted octanol–water partition coefficient (Wildman–Crippen LogP) is 2.65. The molecular formula is C13H15NO4. The SMILES string of the molecule is COC(=O)C(c1cccc([N+](=O)[O-])c1)C1CCC1. The molecule has 0 spiro atoms. The van der Waals surface area contributed by atoms with Crippen LogP contribution in [0.4, 0.5) is 5.69 Å². The highest BCUT2D eigenvalue weighted by molar-refractivity contribution is 5.78. The Balaban J connectivity index is 2.32. The first-order valence-electron chi connectivity index (χ1n) is 5.95. The third-order valence-corrected chi connectivity index (χ3v) is 3.52. The van der Waals surface area contributed by atoms with Gasteiger partial charge in [0, 0.05) is 12.1 Å². The van der Waals surface area contributed by atoms with Gasteiger partial charge in [-0.1, -0.05) is 18.6 Å². The van der Waals surface area contributed by atoms with Crippen LogP contribution < -0.4 is 0 Å². The largest absolute Gasteiger partial charge is 0.469 e. The van der Waals surface area contributed by atoms with Crippen molar-refractivity contribution in [3.05, 3.63) is 39.9 Å². The molecule has 0 aliphatic heterocycles. The third-order valence-electron chi connectivity index (χ3n) is 3.52. The second kappa shape index (κ2) is 5.16. The van der Waals surface area contributed by atoms with Gasteiger partial charge < -0.3 is 4.74 Å². The van der Waals surface area contributed by atoms with E-state index in [0.29, 0.717) is 5.56 Å². The summed E-state index contributed by atoms with van der Waals surface area (Å²) in [5, 5.41) is 10.8. The lowest BCUT2D eigenvalue weighted by atomic mass is 9.73. The molecule has 2 rings (SSSR count). The Bertz CT molecular complexity index is 468. The fraction of sp³-hybridized carbons (Fsp3) is 0.462. The van der Waals surface area contributed by atoms with Gasteiger partial charge in [0.2, 0.25) is 0 Å². The molecule has 0 aromatic heterocycles. The number of hydrogen-bond donors (Lipinski definition) is 0. The average molecular weight is 249 g/mol. The van der Waals surface area contributed by atoms with Crippen molar-refractivity contribution in [2.75, 3.05) is 7.11 Å². The highest BCUT2D eigenvalue weighted by Crippen LogP contribution is 2.40. The van der Waals surface area contributed by atoms with Gasteiger partial charge >= 0.3 is 5.97 Å². The molecule has 1 atom stereocenters. The maximum absolute atomic E-state index is 11.8. The van der Waals surface area contributed by atoms with E-state index in [9.17, 15) is 14.9 Å². The minimum atomic E-state index is -0.446. The number of nitro groups is 1. The number of carbonyl (C=O) groups is 1. The Morgan fingerprint density at radius 3 is 2.72 bits per heavy atom. The van der Waals surface area contributed by atoms with Crippen LogP contribution in [0.5, 0.6) is 0 Å². The smallest absolute Gasteiger partial charge is 0.313 e. The summed E-state index contributed by atoms with van der Waals surface area (Å²) in [6.45, 7) is 0. The third kappa shape index (κ3) is 2.34. The summed E-state index contributed by atoms with van der Waals surface area (Å²) >= 11 is 0. The zero-order valence-corrected chi connectivity index (χ0v) is 10.2. The Morgan fingerprint density at radius 1 is 1.50 bits per heavy atom. The van der Waals surface area contributed by atoms with Crippen LogP contribution in [0, 0.1) is 16.0 Å². The van der Waals surface area contributed by atoms with E-state index in [1.165, 1.54) is 19.2 Å². The molecule has 1 aliphatic carbocycles. The number of rotatable bonds is 4. The van der Waals surface area contributed by atoms with Crippen LogP contribution in [0.1, 0.15) is 30.7 Å². The van der Waals surface area contributed by atoms with Crippen molar-refractivity contribution in [1.82, 2.24) is 0 Å². The van der Waals surface area contributed by atoms with E-state index < -0.39 is 4.92 Å². The van der Waals surface area contributed by atoms with Gasteiger partial charge in [0.05, 0.1) is 18.0 Å². The molecule has 0 N–H and O–H groups in total. The van der Waals surface area contributed by atoms with Gasteiger partial charge in [-0.05, 0) is 24.3 Å². The first-order valence-corrected chi connectivity index (χ1v) is 5.95. The minimum absolute atomic E-state index is 0.0146. The van der Waals surface area contributed by atoms with Gasteiger partial charge in [0.15, 0.2) is 0 Å². The summed E-state index contributed by atoms with van der Waals surface area (Å²) in [4.78, 5) is 22.1. The Hall–Kier alpha value is -1.91. The average Bonchev–Trinajstić information content (AvgIpc) is 2.32. The van der Waals surface area contributed by atoms with Gasteiger partial charge in [0.25, 0.3) is 5.69 Å². The number of non-ortho nitro benzene ring substituents is 1. The molecule has 0 heterocycles.